The van der Waals surface area contributed by atoms with Crippen molar-refractivity contribution in [3.05, 3.63) is 22.4 Å². The molecule has 0 unspecified atom stereocenters. The van der Waals surface area contributed by atoms with E-state index in [2.05, 4.69) is 16.8 Å². The van der Waals surface area contributed by atoms with Crippen LogP contribution in [0.25, 0.3) is 0 Å². The van der Waals surface area contributed by atoms with Gasteiger partial charge >= 0.3 is 0 Å². The van der Waals surface area contributed by atoms with Crippen molar-refractivity contribution in [2.24, 2.45) is 5.73 Å². The summed E-state index contributed by atoms with van der Waals surface area (Å²) in [5.74, 6) is 0. The number of rotatable bonds is 2. The van der Waals surface area contributed by atoms with E-state index in [1.54, 1.807) is 11.3 Å². The molecule has 2 aliphatic rings. The first-order valence-electron chi connectivity index (χ1n) is 4.58. The summed E-state index contributed by atoms with van der Waals surface area (Å²) in [4.78, 5) is 0. The molecule has 0 saturated heterocycles. The van der Waals surface area contributed by atoms with Crippen molar-refractivity contribution in [1.29, 1.82) is 0 Å². The maximum absolute atomic E-state index is 6.28. The Morgan fingerprint density at radius 1 is 1.25 bits per heavy atom. The van der Waals surface area contributed by atoms with Gasteiger partial charge in [-0.15, -0.1) is 0 Å². The molecule has 2 saturated carbocycles. The number of hydrogen-bond acceptors (Lipinski definition) is 2. The summed E-state index contributed by atoms with van der Waals surface area (Å²) in [7, 11) is 0. The second-order valence-electron chi connectivity index (χ2n) is 4.25. The molecule has 0 atom stereocenters. The molecule has 2 heteroatoms. The monoisotopic (exact) mass is 179 g/mol. The van der Waals surface area contributed by atoms with Crippen LogP contribution >= 0.6 is 11.3 Å². The molecule has 12 heavy (non-hydrogen) atoms. The van der Waals surface area contributed by atoms with Crippen LogP contribution in [0.3, 0.4) is 0 Å². The van der Waals surface area contributed by atoms with Crippen molar-refractivity contribution < 1.29 is 0 Å². The van der Waals surface area contributed by atoms with E-state index in [0.29, 0.717) is 5.41 Å². The van der Waals surface area contributed by atoms with E-state index in [1.807, 2.05) is 0 Å². The first-order chi connectivity index (χ1) is 5.77. The lowest BCUT2D eigenvalue weighted by Gasteiger charge is -2.21. The molecule has 1 aromatic heterocycles. The highest BCUT2D eigenvalue weighted by Crippen LogP contribution is 2.63. The molecule has 2 N–H and O–H groups in total. The molecule has 2 aliphatic carbocycles. The zero-order valence-corrected chi connectivity index (χ0v) is 7.86. The molecule has 0 bridgehead atoms. The molecule has 0 spiro atoms. The number of hydrogen-bond donors (Lipinski definition) is 1. The van der Waals surface area contributed by atoms with E-state index in [1.165, 1.54) is 31.2 Å². The number of thiophene rings is 1. The number of nitrogens with two attached hydrogens (primary N) is 1. The third-order valence-corrected chi connectivity index (χ3v) is 4.25. The second kappa shape index (κ2) is 1.94. The summed E-state index contributed by atoms with van der Waals surface area (Å²) >= 11 is 1.79. The zero-order valence-electron chi connectivity index (χ0n) is 7.05. The molecule has 0 aromatic carbocycles. The van der Waals surface area contributed by atoms with Gasteiger partial charge in [-0.05, 0) is 48.1 Å². The van der Waals surface area contributed by atoms with E-state index >= 15 is 0 Å². The van der Waals surface area contributed by atoms with E-state index in [0.717, 1.165) is 0 Å². The lowest BCUT2D eigenvalue weighted by molar-refractivity contribution is 0.505. The van der Waals surface area contributed by atoms with Crippen LogP contribution in [0.2, 0.25) is 0 Å². The van der Waals surface area contributed by atoms with E-state index < -0.39 is 0 Å². The van der Waals surface area contributed by atoms with E-state index in [4.69, 9.17) is 5.73 Å². The Bertz CT molecular complexity index is 294. The minimum absolute atomic E-state index is 0.189. The Kier molecular flexibility index (Phi) is 1.15. The summed E-state index contributed by atoms with van der Waals surface area (Å²) in [6, 6.07) is 2.25. The summed E-state index contributed by atoms with van der Waals surface area (Å²) in [5.41, 5.74) is 8.39. The minimum atomic E-state index is 0.189. The predicted molar refractivity (Wildman–Crippen MR) is 51.4 cm³/mol. The quantitative estimate of drug-likeness (QED) is 0.740. The van der Waals surface area contributed by atoms with Crippen LogP contribution in [0.5, 0.6) is 0 Å². The molecule has 3 rings (SSSR count). The van der Waals surface area contributed by atoms with Gasteiger partial charge in [0.2, 0.25) is 0 Å². The fourth-order valence-electron chi connectivity index (χ4n) is 2.35. The minimum Gasteiger partial charge on any atom is -0.324 e. The van der Waals surface area contributed by atoms with Gasteiger partial charge in [-0.25, -0.2) is 0 Å². The first-order valence-corrected chi connectivity index (χ1v) is 5.53. The Hall–Kier alpha value is -0.340. The maximum Gasteiger partial charge on any atom is 0.0254 e. The standard InChI is InChI=1S/C10H13NS/c11-10(4-5-10)9(2-3-9)8-1-6-12-7-8/h1,6-7H,2-5,11H2. The molecule has 0 aliphatic heterocycles. The molecule has 64 valence electrons. The van der Waals surface area contributed by atoms with Crippen molar-refractivity contribution in [2.45, 2.75) is 36.6 Å². The lowest BCUT2D eigenvalue weighted by Crippen LogP contribution is -2.36. The van der Waals surface area contributed by atoms with Crippen LogP contribution in [0.1, 0.15) is 31.2 Å². The second-order valence-corrected chi connectivity index (χ2v) is 5.03. The van der Waals surface area contributed by atoms with Gasteiger partial charge in [-0.1, -0.05) is 0 Å². The van der Waals surface area contributed by atoms with Crippen LogP contribution in [-0.2, 0) is 5.41 Å². The average Bonchev–Trinajstić information content (AvgIpc) is 2.96. The smallest absolute Gasteiger partial charge is 0.0254 e. The van der Waals surface area contributed by atoms with Gasteiger partial charge in [0.1, 0.15) is 0 Å². The van der Waals surface area contributed by atoms with Crippen molar-refractivity contribution in [1.82, 2.24) is 0 Å². The van der Waals surface area contributed by atoms with Gasteiger partial charge in [-0.3, -0.25) is 0 Å². The lowest BCUT2D eigenvalue weighted by atomic mass is 9.88. The summed E-state index contributed by atoms with van der Waals surface area (Å²) < 4.78 is 0. The van der Waals surface area contributed by atoms with Gasteiger partial charge in [0.05, 0.1) is 0 Å². The third kappa shape index (κ3) is 0.723. The molecule has 1 aromatic rings. The zero-order chi connectivity index (χ0) is 8.23. The molecule has 1 heterocycles. The SMILES string of the molecule is NC1(C2(c3ccsc3)CC2)CC1. The highest BCUT2D eigenvalue weighted by atomic mass is 32.1. The third-order valence-electron chi connectivity index (χ3n) is 3.57. The van der Waals surface area contributed by atoms with Crippen molar-refractivity contribution in [2.75, 3.05) is 0 Å². The molecular formula is C10H13NS. The maximum atomic E-state index is 6.28. The Balaban J connectivity index is 2.02. The normalized spacial score (nSPS) is 28.4. The van der Waals surface area contributed by atoms with Crippen molar-refractivity contribution in [3.8, 4) is 0 Å². The van der Waals surface area contributed by atoms with Gasteiger partial charge < -0.3 is 5.73 Å². The Morgan fingerprint density at radius 3 is 2.42 bits per heavy atom. The van der Waals surface area contributed by atoms with Crippen molar-refractivity contribution in [3.63, 3.8) is 0 Å². The Labute approximate surface area is 76.6 Å². The molecule has 1 nitrogen and oxygen atoms in total. The van der Waals surface area contributed by atoms with Crippen LogP contribution in [0.15, 0.2) is 16.8 Å². The van der Waals surface area contributed by atoms with Crippen LogP contribution in [-0.4, -0.2) is 5.54 Å². The van der Waals surface area contributed by atoms with Crippen molar-refractivity contribution >= 4 is 11.3 Å². The average molecular weight is 179 g/mol. The summed E-state index contributed by atoms with van der Waals surface area (Å²) in [6.45, 7) is 0. The Morgan fingerprint density at radius 2 is 2.00 bits per heavy atom. The first kappa shape index (κ1) is 7.10. The molecule has 0 amide bonds. The predicted octanol–water partition coefficient (Wildman–Crippen LogP) is 2.27. The van der Waals surface area contributed by atoms with Crippen LogP contribution < -0.4 is 5.73 Å². The van der Waals surface area contributed by atoms with Gasteiger partial charge in [0.25, 0.3) is 0 Å². The highest BCUT2D eigenvalue weighted by molar-refractivity contribution is 7.08. The highest BCUT2D eigenvalue weighted by Gasteiger charge is 2.64. The van der Waals surface area contributed by atoms with E-state index in [-0.39, 0.29) is 5.54 Å². The molecule has 2 fully saturated rings. The van der Waals surface area contributed by atoms with Crippen LogP contribution in [0, 0.1) is 0 Å². The topological polar surface area (TPSA) is 26.0 Å². The van der Waals surface area contributed by atoms with Gasteiger partial charge in [-0.2, -0.15) is 11.3 Å². The van der Waals surface area contributed by atoms with Crippen LogP contribution in [0.4, 0.5) is 0 Å². The largest absolute Gasteiger partial charge is 0.324 e. The van der Waals surface area contributed by atoms with Gasteiger partial charge in [0, 0.05) is 11.0 Å². The fraction of sp³-hybridized carbons (Fsp3) is 0.600. The summed E-state index contributed by atoms with van der Waals surface area (Å²) in [5, 5.41) is 4.45. The fourth-order valence-corrected chi connectivity index (χ4v) is 3.10. The molecular weight excluding hydrogens is 166 g/mol. The molecule has 0 radical (unpaired) electrons. The van der Waals surface area contributed by atoms with E-state index in [9.17, 15) is 0 Å². The van der Waals surface area contributed by atoms with Gasteiger partial charge in [0.15, 0.2) is 0 Å². The summed E-state index contributed by atoms with van der Waals surface area (Å²) in [6.07, 6.45) is 5.12.